The van der Waals surface area contributed by atoms with Crippen molar-refractivity contribution in [2.45, 2.75) is 44.2 Å². The van der Waals surface area contributed by atoms with Gasteiger partial charge in [0, 0.05) is 5.92 Å². The van der Waals surface area contributed by atoms with Crippen LogP contribution >= 0.6 is 0 Å². The second-order valence-corrected chi connectivity index (χ2v) is 7.62. The molecule has 2 N–H and O–H groups in total. The van der Waals surface area contributed by atoms with Crippen molar-refractivity contribution in [1.82, 2.24) is 20.1 Å². The molecule has 1 fully saturated rings. The number of aliphatic hydroxyl groups is 1. The third-order valence-electron chi connectivity index (χ3n) is 5.38. The predicted octanol–water partition coefficient (Wildman–Crippen LogP) is 2.77. The van der Waals surface area contributed by atoms with E-state index in [0.29, 0.717) is 24.4 Å². The van der Waals surface area contributed by atoms with Crippen LogP contribution in [-0.4, -0.2) is 44.5 Å². The van der Waals surface area contributed by atoms with Gasteiger partial charge in [-0.2, -0.15) is 5.10 Å². The standard InChI is InChI=1S/C23H26N4O3/c1-16-24-23(27(26-16)18-8-4-2-5-9-18)17-12-13-21(28)20(14-17)25-22(29)15-30-19-10-6-3-7-11-19/h2-11,17,20-21,28H,12-15H2,1H3,(H,25,29)/t17-,20+,21+/m0/s1. The molecule has 7 heteroatoms. The molecule has 1 heterocycles. The molecule has 156 valence electrons. The first-order valence-electron chi connectivity index (χ1n) is 10.2. The third-order valence-corrected chi connectivity index (χ3v) is 5.38. The molecule has 3 atom stereocenters. The average molecular weight is 406 g/mol. The largest absolute Gasteiger partial charge is 0.484 e. The van der Waals surface area contributed by atoms with Gasteiger partial charge in [0.15, 0.2) is 6.61 Å². The fraction of sp³-hybridized carbons (Fsp3) is 0.348. The molecule has 0 radical (unpaired) electrons. The Hall–Kier alpha value is -3.19. The second-order valence-electron chi connectivity index (χ2n) is 7.62. The number of nitrogens with one attached hydrogen (secondary N) is 1. The normalized spacial score (nSPS) is 21.2. The lowest BCUT2D eigenvalue weighted by molar-refractivity contribution is -0.125. The number of ether oxygens (including phenoxy) is 1. The summed E-state index contributed by atoms with van der Waals surface area (Å²) in [7, 11) is 0. The molecule has 0 spiro atoms. The van der Waals surface area contributed by atoms with Crippen molar-refractivity contribution < 1.29 is 14.6 Å². The number of carbonyl (C=O) groups excluding carboxylic acids is 1. The SMILES string of the molecule is Cc1nc([C@H]2CC[C@@H](O)[C@H](NC(=O)COc3ccccc3)C2)n(-c2ccccc2)n1. The molecular formula is C23H26N4O3. The quantitative estimate of drug-likeness (QED) is 0.657. The molecule has 4 rings (SSSR count). The van der Waals surface area contributed by atoms with E-state index in [2.05, 4.69) is 15.4 Å². The minimum atomic E-state index is -0.587. The Balaban J connectivity index is 1.43. The van der Waals surface area contributed by atoms with Gasteiger partial charge in [0.05, 0.1) is 17.8 Å². The van der Waals surface area contributed by atoms with Gasteiger partial charge in [-0.15, -0.1) is 0 Å². The van der Waals surface area contributed by atoms with Crippen LogP contribution in [0.4, 0.5) is 0 Å². The number of hydrogen-bond acceptors (Lipinski definition) is 5. The zero-order valence-corrected chi connectivity index (χ0v) is 16.9. The first kappa shape index (κ1) is 20.1. The number of carbonyl (C=O) groups is 1. The lowest BCUT2D eigenvalue weighted by Gasteiger charge is -2.33. The van der Waals surface area contributed by atoms with Crippen molar-refractivity contribution >= 4 is 5.91 Å². The maximum atomic E-state index is 12.4. The number of aryl methyl sites for hydroxylation is 1. The summed E-state index contributed by atoms with van der Waals surface area (Å²) in [5.74, 6) is 2.06. The molecule has 1 aliphatic carbocycles. The molecule has 30 heavy (non-hydrogen) atoms. The van der Waals surface area contributed by atoms with E-state index in [1.807, 2.05) is 60.1 Å². The van der Waals surface area contributed by atoms with E-state index in [9.17, 15) is 9.90 Å². The minimum Gasteiger partial charge on any atom is -0.484 e. The average Bonchev–Trinajstić information content (AvgIpc) is 3.17. The van der Waals surface area contributed by atoms with Crippen LogP contribution in [-0.2, 0) is 4.79 Å². The van der Waals surface area contributed by atoms with Crippen LogP contribution in [0.15, 0.2) is 60.7 Å². The Bertz CT molecular complexity index is 975. The third kappa shape index (κ3) is 4.68. The molecule has 0 saturated heterocycles. The maximum absolute atomic E-state index is 12.4. The number of para-hydroxylation sites is 2. The lowest BCUT2D eigenvalue weighted by Crippen LogP contribution is -2.48. The van der Waals surface area contributed by atoms with Crippen LogP contribution in [0.25, 0.3) is 5.69 Å². The summed E-state index contributed by atoms with van der Waals surface area (Å²) in [4.78, 5) is 17.0. The number of nitrogens with zero attached hydrogens (tertiary/aromatic N) is 3. The molecule has 1 saturated carbocycles. The number of amides is 1. The summed E-state index contributed by atoms with van der Waals surface area (Å²) >= 11 is 0. The van der Waals surface area contributed by atoms with E-state index in [1.54, 1.807) is 12.1 Å². The van der Waals surface area contributed by atoms with Gasteiger partial charge in [-0.05, 0) is 50.5 Å². The molecule has 3 aromatic rings. The minimum absolute atomic E-state index is 0.0861. The number of hydrogen-bond donors (Lipinski definition) is 2. The van der Waals surface area contributed by atoms with Crippen LogP contribution in [0, 0.1) is 6.92 Å². The van der Waals surface area contributed by atoms with Crippen molar-refractivity contribution in [1.29, 1.82) is 0 Å². The van der Waals surface area contributed by atoms with E-state index in [0.717, 1.165) is 17.9 Å². The van der Waals surface area contributed by atoms with Crippen molar-refractivity contribution in [3.05, 3.63) is 72.3 Å². The van der Waals surface area contributed by atoms with E-state index in [-0.39, 0.29) is 24.5 Å². The van der Waals surface area contributed by atoms with Gasteiger partial charge < -0.3 is 15.2 Å². The molecule has 0 aliphatic heterocycles. The van der Waals surface area contributed by atoms with Gasteiger partial charge >= 0.3 is 0 Å². The molecule has 0 unspecified atom stereocenters. The maximum Gasteiger partial charge on any atom is 0.258 e. The summed E-state index contributed by atoms with van der Waals surface area (Å²) in [6.07, 6.45) is 1.40. The zero-order valence-electron chi connectivity index (χ0n) is 16.9. The smallest absolute Gasteiger partial charge is 0.258 e. The van der Waals surface area contributed by atoms with Gasteiger partial charge in [-0.1, -0.05) is 36.4 Å². The number of aliphatic hydroxyl groups excluding tert-OH is 1. The van der Waals surface area contributed by atoms with Gasteiger partial charge in [0.2, 0.25) is 0 Å². The van der Waals surface area contributed by atoms with Crippen LogP contribution in [0.1, 0.15) is 36.8 Å². The number of benzene rings is 2. The first-order chi connectivity index (χ1) is 14.6. The Morgan fingerprint density at radius 2 is 1.83 bits per heavy atom. The van der Waals surface area contributed by atoms with Crippen molar-refractivity contribution in [2.75, 3.05) is 6.61 Å². The van der Waals surface area contributed by atoms with E-state index in [1.165, 1.54) is 0 Å². The van der Waals surface area contributed by atoms with Gasteiger partial charge in [-0.25, -0.2) is 9.67 Å². The molecule has 1 aliphatic rings. The number of aromatic nitrogens is 3. The summed E-state index contributed by atoms with van der Waals surface area (Å²) in [6, 6.07) is 18.7. The highest BCUT2D eigenvalue weighted by molar-refractivity contribution is 5.78. The van der Waals surface area contributed by atoms with Crippen LogP contribution in [0.5, 0.6) is 5.75 Å². The highest BCUT2D eigenvalue weighted by atomic mass is 16.5. The lowest BCUT2D eigenvalue weighted by atomic mass is 9.83. The molecule has 0 bridgehead atoms. The monoisotopic (exact) mass is 406 g/mol. The zero-order chi connectivity index (χ0) is 20.9. The van der Waals surface area contributed by atoms with Crippen molar-refractivity contribution in [3.8, 4) is 11.4 Å². The second kappa shape index (κ2) is 9.09. The topological polar surface area (TPSA) is 89.3 Å². The van der Waals surface area contributed by atoms with Crippen LogP contribution in [0.3, 0.4) is 0 Å². The Morgan fingerprint density at radius 1 is 1.13 bits per heavy atom. The molecule has 2 aromatic carbocycles. The van der Waals surface area contributed by atoms with Crippen LogP contribution in [0.2, 0.25) is 0 Å². The number of rotatable bonds is 6. The molecule has 7 nitrogen and oxygen atoms in total. The van der Waals surface area contributed by atoms with E-state index >= 15 is 0 Å². The first-order valence-corrected chi connectivity index (χ1v) is 10.2. The van der Waals surface area contributed by atoms with Crippen molar-refractivity contribution in [2.24, 2.45) is 0 Å². The van der Waals surface area contributed by atoms with E-state index < -0.39 is 6.10 Å². The predicted molar refractivity (Wildman–Crippen MR) is 113 cm³/mol. The molecule has 1 amide bonds. The Labute approximate surface area is 175 Å². The fourth-order valence-electron chi connectivity index (χ4n) is 3.91. The molecular weight excluding hydrogens is 380 g/mol. The van der Waals surface area contributed by atoms with Gasteiger partial charge in [0.1, 0.15) is 17.4 Å². The van der Waals surface area contributed by atoms with Crippen LogP contribution < -0.4 is 10.1 Å². The Morgan fingerprint density at radius 3 is 2.57 bits per heavy atom. The summed E-state index contributed by atoms with van der Waals surface area (Å²) in [5.41, 5.74) is 0.955. The Kier molecular flexibility index (Phi) is 6.09. The summed E-state index contributed by atoms with van der Waals surface area (Å²) in [5, 5.41) is 18.0. The highest BCUT2D eigenvalue weighted by Crippen LogP contribution is 2.33. The summed E-state index contributed by atoms with van der Waals surface area (Å²) < 4.78 is 7.39. The van der Waals surface area contributed by atoms with E-state index in [4.69, 9.17) is 4.74 Å². The highest BCUT2D eigenvalue weighted by Gasteiger charge is 2.34. The fourth-order valence-corrected chi connectivity index (χ4v) is 3.91. The molecule has 1 aromatic heterocycles. The van der Waals surface area contributed by atoms with Gasteiger partial charge in [0.25, 0.3) is 5.91 Å². The summed E-state index contributed by atoms with van der Waals surface area (Å²) in [6.45, 7) is 1.79. The van der Waals surface area contributed by atoms with Crippen molar-refractivity contribution in [3.63, 3.8) is 0 Å². The van der Waals surface area contributed by atoms with Gasteiger partial charge in [-0.3, -0.25) is 4.79 Å².